The van der Waals surface area contributed by atoms with E-state index in [0.717, 1.165) is 0 Å². The van der Waals surface area contributed by atoms with Gasteiger partial charge in [-0.05, 0) is 35.5 Å². The van der Waals surface area contributed by atoms with Gasteiger partial charge in [0.05, 0.1) is 17.1 Å². The summed E-state index contributed by atoms with van der Waals surface area (Å²) in [6, 6.07) is 4.90. The Kier molecular flexibility index (Phi) is 3.19. The van der Waals surface area contributed by atoms with Gasteiger partial charge in [-0.3, -0.25) is 0 Å². The maximum Gasteiger partial charge on any atom is 0.342 e. The lowest BCUT2D eigenvalue weighted by atomic mass is 10.1. The summed E-state index contributed by atoms with van der Waals surface area (Å²) >= 11 is 12.2. The van der Waals surface area contributed by atoms with Crippen LogP contribution in [0, 0.1) is 0 Å². The van der Waals surface area contributed by atoms with Crippen LogP contribution >= 0.6 is 23.2 Å². The highest BCUT2D eigenvalue weighted by atomic mass is 35.5. The largest absolute Gasteiger partial charge is 0.462 e. The molecule has 2 heterocycles. The second-order valence-electron chi connectivity index (χ2n) is 4.02. The predicted octanol–water partition coefficient (Wildman–Crippen LogP) is 2.76. The minimum Gasteiger partial charge on any atom is -0.462 e. The second kappa shape index (κ2) is 4.88. The Bertz CT molecular complexity index is 831. The van der Waals surface area contributed by atoms with Crippen molar-refractivity contribution < 1.29 is 9.53 Å². The minimum absolute atomic E-state index is 0.265. The number of carbonyl (C=O) groups excluding carboxylic acids is 1. The Labute approximate surface area is 123 Å². The lowest BCUT2D eigenvalue weighted by Crippen LogP contribution is -2.08. The number of benzene rings is 1. The highest BCUT2D eigenvalue weighted by Gasteiger charge is 2.18. The monoisotopic (exact) mass is 310 g/mol. The molecule has 3 aromatic rings. The molecule has 1 aromatic carbocycles. The first-order valence-electron chi connectivity index (χ1n) is 5.78. The van der Waals surface area contributed by atoms with E-state index in [0.29, 0.717) is 26.6 Å². The zero-order valence-corrected chi connectivity index (χ0v) is 11.8. The van der Waals surface area contributed by atoms with Gasteiger partial charge in [-0.15, -0.1) is 5.10 Å². The van der Waals surface area contributed by atoms with Crippen molar-refractivity contribution in [2.24, 2.45) is 0 Å². The van der Waals surface area contributed by atoms with E-state index in [1.54, 1.807) is 25.1 Å². The lowest BCUT2D eigenvalue weighted by Gasteiger charge is -2.07. The number of nitrogens with zero attached hydrogens (tertiary/aromatic N) is 4. The summed E-state index contributed by atoms with van der Waals surface area (Å²) in [5.41, 5.74) is 1.15. The fourth-order valence-electron chi connectivity index (χ4n) is 2.00. The molecule has 0 fully saturated rings. The number of tetrazole rings is 1. The molecule has 3 rings (SSSR count). The van der Waals surface area contributed by atoms with E-state index >= 15 is 0 Å². The van der Waals surface area contributed by atoms with Gasteiger partial charge < -0.3 is 4.74 Å². The number of carbonyl (C=O) groups is 1. The Morgan fingerprint density at radius 2 is 2.15 bits per heavy atom. The van der Waals surface area contributed by atoms with E-state index < -0.39 is 5.97 Å². The third kappa shape index (κ3) is 1.97. The van der Waals surface area contributed by atoms with Crippen LogP contribution in [-0.4, -0.2) is 32.6 Å². The van der Waals surface area contributed by atoms with Crippen molar-refractivity contribution in [1.82, 2.24) is 20.0 Å². The molecule has 0 aliphatic rings. The zero-order chi connectivity index (χ0) is 14.3. The fraction of sp³-hybridized carbons (Fsp3) is 0.167. The zero-order valence-electron chi connectivity index (χ0n) is 10.3. The maximum atomic E-state index is 12.0. The van der Waals surface area contributed by atoms with Gasteiger partial charge in [-0.1, -0.05) is 23.2 Å². The fourth-order valence-corrected chi connectivity index (χ4v) is 2.59. The first kappa shape index (κ1) is 13.1. The van der Waals surface area contributed by atoms with E-state index in [1.165, 1.54) is 4.52 Å². The summed E-state index contributed by atoms with van der Waals surface area (Å²) in [7, 11) is 0. The minimum atomic E-state index is -0.495. The van der Waals surface area contributed by atoms with Crippen molar-refractivity contribution >= 4 is 45.7 Å². The van der Waals surface area contributed by atoms with Crippen LogP contribution in [0.25, 0.3) is 16.6 Å². The number of hydrogen-bond donors (Lipinski definition) is 0. The number of esters is 1. The standard InChI is InChI=1S/C12H8Cl2N4O2/c1-2-20-12(19)8-4-6-3-7(13)5-9(14)10(6)18-11(8)15-16-17-18/h3-5H,2H2,1H3. The average Bonchev–Trinajstić information content (AvgIpc) is 2.85. The number of halogens is 2. The molecule has 2 aromatic heterocycles. The lowest BCUT2D eigenvalue weighted by molar-refractivity contribution is 0.0528. The van der Waals surface area contributed by atoms with Gasteiger partial charge in [-0.2, -0.15) is 4.52 Å². The van der Waals surface area contributed by atoms with Gasteiger partial charge in [0.25, 0.3) is 0 Å². The summed E-state index contributed by atoms with van der Waals surface area (Å²) in [6.07, 6.45) is 0. The normalized spacial score (nSPS) is 11.2. The van der Waals surface area contributed by atoms with Crippen molar-refractivity contribution in [1.29, 1.82) is 0 Å². The number of aromatic nitrogens is 4. The van der Waals surface area contributed by atoms with Gasteiger partial charge in [-0.25, -0.2) is 4.79 Å². The van der Waals surface area contributed by atoms with Gasteiger partial charge in [0, 0.05) is 10.4 Å². The highest BCUT2D eigenvalue weighted by molar-refractivity contribution is 6.38. The van der Waals surface area contributed by atoms with Crippen LogP contribution in [0.5, 0.6) is 0 Å². The van der Waals surface area contributed by atoms with E-state index in [9.17, 15) is 4.79 Å². The Morgan fingerprint density at radius 1 is 1.35 bits per heavy atom. The SMILES string of the molecule is CCOC(=O)c1cc2cc(Cl)cc(Cl)c2n2nnnc12. The van der Waals surface area contributed by atoms with Crippen molar-refractivity contribution in [3.63, 3.8) is 0 Å². The van der Waals surface area contributed by atoms with Gasteiger partial charge >= 0.3 is 5.97 Å². The molecule has 0 aliphatic heterocycles. The quantitative estimate of drug-likeness (QED) is 0.681. The molecule has 0 bridgehead atoms. The second-order valence-corrected chi connectivity index (χ2v) is 4.86. The molecule has 0 N–H and O–H groups in total. The topological polar surface area (TPSA) is 69.4 Å². The van der Waals surface area contributed by atoms with E-state index in [2.05, 4.69) is 15.5 Å². The van der Waals surface area contributed by atoms with Crippen molar-refractivity contribution in [2.45, 2.75) is 6.92 Å². The van der Waals surface area contributed by atoms with E-state index in [-0.39, 0.29) is 12.2 Å². The van der Waals surface area contributed by atoms with Crippen LogP contribution in [0.1, 0.15) is 17.3 Å². The maximum absolute atomic E-state index is 12.0. The smallest absolute Gasteiger partial charge is 0.342 e. The Balaban J connectivity index is 2.41. The van der Waals surface area contributed by atoms with Crippen LogP contribution in [-0.2, 0) is 4.74 Å². The van der Waals surface area contributed by atoms with E-state index in [4.69, 9.17) is 27.9 Å². The number of hydrogen-bond acceptors (Lipinski definition) is 5. The third-order valence-corrected chi connectivity index (χ3v) is 3.28. The van der Waals surface area contributed by atoms with Crippen LogP contribution in [0.3, 0.4) is 0 Å². The molecule has 0 unspecified atom stereocenters. The van der Waals surface area contributed by atoms with Crippen LogP contribution in [0.2, 0.25) is 10.0 Å². The molecule has 0 aliphatic carbocycles. The molecular weight excluding hydrogens is 303 g/mol. The molecule has 102 valence electrons. The number of fused-ring (bicyclic) bond motifs is 3. The Hall–Kier alpha value is -1.92. The predicted molar refractivity (Wildman–Crippen MR) is 74.3 cm³/mol. The van der Waals surface area contributed by atoms with Crippen molar-refractivity contribution in [3.8, 4) is 0 Å². The van der Waals surface area contributed by atoms with Crippen molar-refractivity contribution in [3.05, 3.63) is 33.8 Å². The molecule has 0 saturated carbocycles. The summed E-state index contributed by atoms with van der Waals surface area (Å²) < 4.78 is 6.40. The summed E-state index contributed by atoms with van der Waals surface area (Å²) in [5.74, 6) is -0.495. The summed E-state index contributed by atoms with van der Waals surface area (Å²) in [4.78, 5) is 12.0. The molecule has 0 radical (unpaired) electrons. The number of pyridine rings is 1. The van der Waals surface area contributed by atoms with Gasteiger partial charge in [0.2, 0.25) is 0 Å². The highest BCUT2D eigenvalue weighted by Crippen LogP contribution is 2.29. The molecule has 0 atom stereocenters. The molecule has 0 spiro atoms. The van der Waals surface area contributed by atoms with Gasteiger partial charge in [0.15, 0.2) is 5.65 Å². The summed E-state index contributed by atoms with van der Waals surface area (Å²) in [6.45, 7) is 1.99. The van der Waals surface area contributed by atoms with Crippen LogP contribution < -0.4 is 0 Å². The molecular formula is C12H8Cl2N4O2. The molecule has 8 heteroatoms. The van der Waals surface area contributed by atoms with E-state index in [1.807, 2.05) is 0 Å². The van der Waals surface area contributed by atoms with Gasteiger partial charge in [0.1, 0.15) is 5.56 Å². The van der Waals surface area contributed by atoms with Crippen LogP contribution in [0.4, 0.5) is 0 Å². The molecule has 6 nitrogen and oxygen atoms in total. The number of ether oxygens (including phenoxy) is 1. The Morgan fingerprint density at radius 3 is 2.90 bits per heavy atom. The first-order chi connectivity index (χ1) is 9.61. The third-order valence-electron chi connectivity index (χ3n) is 2.78. The molecule has 0 saturated heterocycles. The van der Waals surface area contributed by atoms with Crippen LogP contribution in [0.15, 0.2) is 18.2 Å². The molecule has 20 heavy (non-hydrogen) atoms. The average molecular weight is 311 g/mol. The first-order valence-corrected chi connectivity index (χ1v) is 6.54. The molecule has 0 amide bonds. The number of rotatable bonds is 2. The summed E-state index contributed by atoms with van der Waals surface area (Å²) in [5, 5.41) is 12.8. The van der Waals surface area contributed by atoms with Crippen molar-refractivity contribution in [2.75, 3.05) is 6.61 Å².